The van der Waals surface area contributed by atoms with E-state index in [-0.39, 0.29) is 23.3 Å². The quantitative estimate of drug-likeness (QED) is 0.512. The van der Waals surface area contributed by atoms with Gasteiger partial charge in [-0.25, -0.2) is 14.2 Å². The molecule has 6 heteroatoms. The van der Waals surface area contributed by atoms with Crippen molar-refractivity contribution in [2.75, 3.05) is 6.61 Å². The molecular weight excluding hydrogens is 361 g/mol. The van der Waals surface area contributed by atoms with Gasteiger partial charge in [-0.2, -0.15) is 0 Å². The fourth-order valence-electron chi connectivity index (χ4n) is 2.60. The van der Waals surface area contributed by atoms with Gasteiger partial charge in [0.2, 0.25) is 5.90 Å². The summed E-state index contributed by atoms with van der Waals surface area (Å²) in [6, 6.07) is 11.4. The molecule has 2 aromatic carbocycles. The van der Waals surface area contributed by atoms with E-state index >= 15 is 0 Å². The number of benzene rings is 2. The topological polar surface area (TPSA) is 57.1 Å². The monoisotopic (exact) mass is 383 g/mol. The van der Waals surface area contributed by atoms with E-state index in [9.17, 15) is 9.18 Å². The molecule has 0 bridgehead atoms. The van der Waals surface area contributed by atoms with E-state index in [1.165, 1.54) is 12.1 Å². The van der Waals surface area contributed by atoms with Crippen LogP contribution in [-0.2, 0) is 9.53 Å². The summed E-state index contributed by atoms with van der Waals surface area (Å²) >= 11 is 0. The van der Waals surface area contributed by atoms with Crippen LogP contribution in [-0.4, -0.2) is 24.6 Å². The van der Waals surface area contributed by atoms with Crippen LogP contribution in [0.1, 0.15) is 38.3 Å². The Kier molecular flexibility index (Phi) is 6.09. The van der Waals surface area contributed by atoms with Crippen LogP contribution in [0.4, 0.5) is 4.39 Å². The van der Waals surface area contributed by atoms with Gasteiger partial charge < -0.3 is 14.2 Å². The van der Waals surface area contributed by atoms with Crippen LogP contribution in [0, 0.1) is 5.82 Å². The van der Waals surface area contributed by atoms with Gasteiger partial charge in [0, 0.05) is 0 Å². The van der Waals surface area contributed by atoms with Crippen molar-refractivity contribution >= 4 is 17.9 Å². The van der Waals surface area contributed by atoms with Crippen molar-refractivity contribution in [3.05, 3.63) is 65.1 Å². The summed E-state index contributed by atoms with van der Waals surface area (Å²) in [7, 11) is 0. The minimum atomic E-state index is -0.629. The van der Waals surface area contributed by atoms with Gasteiger partial charge in [-0.15, -0.1) is 0 Å². The Labute approximate surface area is 163 Å². The molecule has 28 heavy (non-hydrogen) atoms. The number of ether oxygens (including phenoxy) is 3. The zero-order chi connectivity index (χ0) is 20.1. The highest BCUT2D eigenvalue weighted by Gasteiger charge is 2.26. The van der Waals surface area contributed by atoms with Crippen LogP contribution in [0.3, 0.4) is 0 Å². The van der Waals surface area contributed by atoms with E-state index in [1.807, 2.05) is 20.8 Å². The van der Waals surface area contributed by atoms with Gasteiger partial charge in [0.05, 0.1) is 18.3 Å². The standard InChI is InChI=1S/C22H22FNO4/c1-4-14(3)27-19-11-10-15(13-20(19)26-5-2)12-18-22(25)28-21(24-18)16-8-6-7-9-17(16)23/h6-14H,4-5H2,1-3H3/b18-12-. The summed E-state index contributed by atoms with van der Waals surface area (Å²) in [5, 5.41) is 0. The van der Waals surface area contributed by atoms with Crippen molar-refractivity contribution < 1.29 is 23.4 Å². The van der Waals surface area contributed by atoms with Gasteiger partial charge in [-0.3, -0.25) is 0 Å². The molecule has 0 saturated heterocycles. The van der Waals surface area contributed by atoms with Crippen molar-refractivity contribution in [2.24, 2.45) is 4.99 Å². The lowest BCUT2D eigenvalue weighted by Crippen LogP contribution is -2.11. The van der Waals surface area contributed by atoms with E-state index in [2.05, 4.69) is 4.99 Å². The smallest absolute Gasteiger partial charge is 0.363 e. The van der Waals surface area contributed by atoms with Gasteiger partial charge in [0.15, 0.2) is 17.2 Å². The molecule has 0 N–H and O–H groups in total. The lowest BCUT2D eigenvalue weighted by Gasteiger charge is -2.16. The molecule has 0 radical (unpaired) electrons. The number of aliphatic imine (C=N–C) groups is 1. The minimum Gasteiger partial charge on any atom is -0.490 e. The highest BCUT2D eigenvalue weighted by Crippen LogP contribution is 2.31. The second kappa shape index (κ2) is 8.69. The third-order valence-corrected chi connectivity index (χ3v) is 4.20. The Morgan fingerprint density at radius 2 is 1.96 bits per heavy atom. The summed E-state index contributed by atoms with van der Waals surface area (Å²) in [5.74, 6) is 0.0532. The van der Waals surface area contributed by atoms with Crippen molar-refractivity contribution in [3.63, 3.8) is 0 Å². The summed E-state index contributed by atoms with van der Waals surface area (Å²) in [5.41, 5.74) is 0.938. The van der Waals surface area contributed by atoms with E-state index in [0.717, 1.165) is 6.42 Å². The molecule has 0 amide bonds. The van der Waals surface area contributed by atoms with Gasteiger partial charge in [-0.05, 0) is 56.2 Å². The normalized spacial score (nSPS) is 15.9. The number of hydrogen-bond donors (Lipinski definition) is 0. The van der Waals surface area contributed by atoms with Gasteiger partial charge in [-0.1, -0.05) is 25.1 Å². The first-order valence-electron chi connectivity index (χ1n) is 9.22. The largest absolute Gasteiger partial charge is 0.490 e. The van der Waals surface area contributed by atoms with Crippen molar-refractivity contribution in [2.45, 2.75) is 33.3 Å². The Hall–Kier alpha value is -3.15. The van der Waals surface area contributed by atoms with E-state index in [0.29, 0.717) is 23.7 Å². The molecule has 3 rings (SSSR count). The van der Waals surface area contributed by atoms with E-state index in [1.54, 1.807) is 36.4 Å². The third-order valence-electron chi connectivity index (χ3n) is 4.20. The van der Waals surface area contributed by atoms with Gasteiger partial charge >= 0.3 is 5.97 Å². The lowest BCUT2D eigenvalue weighted by molar-refractivity contribution is -0.129. The summed E-state index contributed by atoms with van der Waals surface area (Å²) < 4.78 is 30.6. The average molecular weight is 383 g/mol. The van der Waals surface area contributed by atoms with Crippen LogP contribution >= 0.6 is 0 Å². The molecule has 0 saturated carbocycles. The SMILES string of the molecule is CCOc1cc(/C=C2\N=C(c3ccccc3F)OC2=O)ccc1OC(C)CC. The molecule has 1 aliphatic heterocycles. The van der Waals surface area contributed by atoms with Crippen molar-refractivity contribution in [1.29, 1.82) is 0 Å². The second-order valence-corrected chi connectivity index (χ2v) is 6.29. The Bertz CT molecular complexity index is 936. The van der Waals surface area contributed by atoms with E-state index in [4.69, 9.17) is 14.2 Å². The maximum absolute atomic E-state index is 13.9. The maximum atomic E-state index is 13.9. The molecule has 0 fully saturated rings. The molecule has 2 aromatic rings. The molecule has 1 aliphatic rings. The molecule has 5 nitrogen and oxygen atoms in total. The first-order chi connectivity index (χ1) is 13.5. The molecule has 0 spiro atoms. The summed E-state index contributed by atoms with van der Waals surface area (Å²) in [6.45, 7) is 6.39. The van der Waals surface area contributed by atoms with Crippen LogP contribution in [0.25, 0.3) is 6.08 Å². The van der Waals surface area contributed by atoms with E-state index < -0.39 is 11.8 Å². The molecular formula is C22H22FNO4. The van der Waals surface area contributed by atoms with Gasteiger partial charge in [0.1, 0.15) is 5.82 Å². The summed E-state index contributed by atoms with van der Waals surface area (Å²) in [6.07, 6.45) is 2.50. The van der Waals surface area contributed by atoms with Crippen LogP contribution in [0.15, 0.2) is 53.2 Å². The molecule has 1 heterocycles. The van der Waals surface area contributed by atoms with Crippen molar-refractivity contribution in [3.8, 4) is 11.5 Å². The maximum Gasteiger partial charge on any atom is 0.363 e. The third kappa shape index (κ3) is 4.39. The molecule has 1 unspecified atom stereocenters. The van der Waals surface area contributed by atoms with Crippen LogP contribution in [0.2, 0.25) is 0 Å². The Balaban J connectivity index is 1.91. The predicted molar refractivity (Wildman–Crippen MR) is 105 cm³/mol. The number of carbonyl (C=O) groups is 1. The number of hydrogen-bond acceptors (Lipinski definition) is 5. The van der Waals surface area contributed by atoms with Crippen LogP contribution < -0.4 is 9.47 Å². The number of halogens is 1. The highest BCUT2D eigenvalue weighted by atomic mass is 19.1. The fourth-order valence-corrected chi connectivity index (χ4v) is 2.60. The average Bonchev–Trinajstić information content (AvgIpc) is 3.04. The zero-order valence-corrected chi connectivity index (χ0v) is 16.1. The number of esters is 1. The molecule has 0 aromatic heterocycles. The fraction of sp³-hybridized carbons (Fsp3) is 0.273. The minimum absolute atomic E-state index is 0.0453. The first-order valence-corrected chi connectivity index (χ1v) is 9.22. The second-order valence-electron chi connectivity index (χ2n) is 6.29. The summed E-state index contributed by atoms with van der Waals surface area (Å²) in [4.78, 5) is 16.3. The predicted octanol–water partition coefficient (Wildman–Crippen LogP) is 4.75. The number of cyclic esters (lactones) is 1. The number of rotatable bonds is 7. The Morgan fingerprint density at radius 1 is 1.18 bits per heavy atom. The first kappa shape index (κ1) is 19.6. The number of nitrogens with zero attached hydrogens (tertiary/aromatic N) is 1. The van der Waals surface area contributed by atoms with Gasteiger partial charge in [0.25, 0.3) is 0 Å². The zero-order valence-electron chi connectivity index (χ0n) is 16.1. The highest BCUT2D eigenvalue weighted by molar-refractivity contribution is 6.12. The molecule has 1 atom stereocenters. The molecule has 146 valence electrons. The lowest BCUT2D eigenvalue weighted by atomic mass is 10.1. The van der Waals surface area contributed by atoms with Crippen molar-refractivity contribution in [1.82, 2.24) is 0 Å². The Morgan fingerprint density at radius 3 is 2.68 bits per heavy atom. The number of carbonyl (C=O) groups excluding carboxylic acids is 1. The van der Waals surface area contributed by atoms with Crippen LogP contribution in [0.5, 0.6) is 11.5 Å². The molecule has 0 aliphatic carbocycles.